The van der Waals surface area contributed by atoms with Gasteiger partial charge in [-0.3, -0.25) is 4.79 Å². The molecule has 0 aliphatic carbocycles. The molecule has 0 aromatic heterocycles. The van der Waals surface area contributed by atoms with Gasteiger partial charge in [-0.25, -0.2) is 0 Å². The highest BCUT2D eigenvalue weighted by Gasteiger charge is 2.12. The minimum atomic E-state index is -0.160. The van der Waals surface area contributed by atoms with E-state index in [-0.39, 0.29) is 11.9 Å². The van der Waals surface area contributed by atoms with Crippen LogP contribution in [0.25, 0.3) is 0 Å². The van der Waals surface area contributed by atoms with Crippen molar-refractivity contribution in [3.8, 4) is 5.75 Å². The maximum absolute atomic E-state index is 12.2. The van der Waals surface area contributed by atoms with Crippen LogP contribution < -0.4 is 10.1 Å². The first-order valence-electron chi connectivity index (χ1n) is 6.41. The van der Waals surface area contributed by atoms with Gasteiger partial charge in [-0.2, -0.15) is 0 Å². The zero-order chi connectivity index (χ0) is 15.4. The summed E-state index contributed by atoms with van der Waals surface area (Å²) in [5.41, 5.74) is 1.54. The Morgan fingerprint density at radius 1 is 1.24 bits per heavy atom. The van der Waals surface area contributed by atoms with Crippen LogP contribution in [0.1, 0.15) is 28.9 Å². The van der Waals surface area contributed by atoms with Gasteiger partial charge in [0.05, 0.1) is 18.2 Å². The normalized spacial score (nSPS) is 11.8. The molecule has 1 N–H and O–H groups in total. The molecule has 0 spiro atoms. The van der Waals surface area contributed by atoms with Crippen LogP contribution in [0.5, 0.6) is 5.75 Å². The number of ether oxygens (including phenoxy) is 1. The maximum atomic E-state index is 12.2. The van der Waals surface area contributed by atoms with Gasteiger partial charge >= 0.3 is 0 Å². The van der Waals surface area contributed by atoms with Crippen LogP contribution in [0.15, 0.2) is 46.9 Å². The molecule has 110 valence electrons. The Hall–Kier alpha value is -1.52. The van der Waals surface area contributed by atoms with E-state index in [4.69, 9.17) is 16.3 Å². The first kappa shape index (κ1) is 15.9. The van der Waals surface area contributed by atoms with Crippen LogP contribution >= 0.6 is 27.5 Å². The predicted molar refractivity (Wildman–Crippen MR) is 88.0 cm³/mol. The van der Waals surface area contributed by atoms with Crippen molar-refractivity contribution in [2.24, 2.45) is 0 Å². The van der Waals surface area contributed by atoms with Gasteiger partial charge in [0.1, 0.15) is 5.75 Å². The van der Waals surface area contributed by atoms with Crippen LogP contribution in [0, 0.1) is 0 Å². The van der Waals surface area contributed by atoms with Crippen molar-refractivity contribution in [3.05, 3.63) is 63.1 Å². The summed E-state index contributed by atoms with van der Waals surface area (Å²) in [7, 11) is 1.62. The number of hydrogen-bond acceptors (Lipinski definition) is 2. The summed E-state index contributed by atoms with van der Waals surface area (Å²) in [5.74, 6) is 0.629. The fourth-order valence-electron chi connectivity index (χ4n) is 1.89. The molecule has 5 heteroatoms. The molecule has 1 amide bonds. The predicted octanol–water partition coefficient (Wildman–Crippen LogP) is 4.60. The molecule has 2 aromatic carbocycles. The molecule has 0 saturated carbocycles. The highest BCUT2D eigenvalue weighted by Crippen LogP contribution is 2.24. The van der Waals surface area contributed by atoms with E-state index in [1.54, 1.807) is 25.3 Å². The van der Waals surface area contributed by atoms with Gasteiger partial charge in [-0.1, -0.05) is 23.7 Å². The number of benzene rings is 2. The Morgan fingerprint density at radius 2 is 1.90 bits per heavy atom. The third kappa shape index (κ3) is 3.99. The summed E-state index contributed by atoms with van der Waals surface area (Å²) in [6.45, 7) is 1.93. The molecule has 1 atom stereocenters. The van der Waals surface area contributed by atoms with Crippen molar-refractivity contribution < 1.29 is 9.53 Å². The van der Waals surface area contributed by atoms with Crippen molar-refractivity contribution in [2.45, 2.75) is 13.0 Å². The number of carbonyl (C=O) groups is 1. The highest BCUT2D eigenvalue weighted by atomic mass is 79.9. The minimum absolute atomic E-state index is 0.106. The Labute approximate surface area is 137 Å². The smallest absolute Gasteiger partial charge is 0.251 e. The van der Waals surface area contributed by atoms with Crippen molar-refractivity contribution in [2.75, 3.05) is 7.11 Å². The van der Waals surface area contributed by atoms with Gasteiger partial charge in [0.25, 0.3) is 5.91 Å². The molecule has 21 heavy (non-hydrogen) atoms. The van der Waals surface area contributed by atoms with Crippen molar-refractivity contribution >= 4 is 33.4 Å². The summed E-state index contributed by atoms with van der Waals surface area (Å²) in [6, 6.07) is 12.6. The summed E-state index contributed by atoms with van der Waals surface area (Å²) in [6.07, 6.45) is 0. The maximum Gasteiger partial charge on any atom is 0.251 e. The monoisotopic (exact) mass is 367 g/mol. The van der Waals surface area contributed by atoms with Gasteiger partial charge in [0.2, 0.25) is 0 Å². The van der Waals surface area contributed by atoms with E-state index in [0.29, 0.717) is 10.6 Å². The van der Waals surface area contributed by atoms with Gasteiger partial charge < -0.3 is 10.1 Å². The molecular formula is C16H15BrClNO2. The molecule has 2 aromatic rings. The van der Waals surface area contributed by atoms with E-state index in [1.165, 1.54) is 0 Å². The van der Waals surface area contributed by atoms with Crippen molar-refractivity contribution in [1.82, 2.24) is 5.32 Å². The number of carbonyl (C=O) groups excluding carboxylic acids is 1. The standard InChI is InChI=1S/C16H15BrClNO2/c1-10(11-3-6-13(21-2)7-4-11)19-16(20)12-5-8-14(17)15(18)9-12/h3-10H,1-2H3,(H,19,20). The lowest BCUT2D eigenvalue weighted by molar-refractivity contribution is 0.0940. The Kier molecular flexibility index (Phi) is 5.26. The zero-order valence-corrected chi connectivity index (χ0v) is 14.0. The van der Waals surface area contributed by atoms with E-state index in [2.05, 4.69) is 21.2 Å². The molecule has 0 bridgehead atoms. The fraction of sp³-hybridized carbons (Fsp3) is 0.188. The van der Waals surface area contributed by atoms with E-state index in [9.17, 15) is 4.79 Å². The van der Waals surface area contributed by atoms with Crippen LogP contribution in [-0.4, -0.2) is 13.0 Å². The second-order valence-corrected chi connectivity index (χ2v) is 5.86. The summed E-state index contributed by atoms with van der Waals surface area (Å²) < 4.78 is 5.88. The lowest BCUT2D eigenvalue weighted by Gasteiger charge is -2.15. The quantitative estimate of drug-likeness (QED) is 0.856. The number of amides is 1. The summed E-state index contributed by atoms with van der Waals surface area (Å²) in [4.78, 5) is 12.2. The third-order valence-corrected chi connectivity index (χ3v) is 4.38. The molecule has 0 fully saturated rings. The van der Waals surface area contributed by atoms with E-state index >= 15 is 0 Å². The van der Waals surface area contributed by atoms with Gasteiger partial charge in [-0.15, -0.1) is 0 Å². The number of nitrogens with one attached hydrogen (secondary N) is 1. The van der Waals surface area contributed by atoms with Crippen molar-refractivity contribution in [1.29, 1.82) is 0 Å². The zero-order valence-electron chi connectivity index (χ0n) is 11.7. The van der Waals surface area contributed by atoms with Crippen LogP contribution in [0.4, 0.5) is 0 Å². The topological polar surface area (TPSA) is 38.3 Å². The molecule has 0 aliphatic heterocycles. The SMILES string of the molecule is COc1ccc(C(C)NC(=O)c2ccc(Br)c(Cl)c2)cc1. The molecule has 0 heterocycles. The van der Waals surface area contributed by atoms with Gasteiger partial charge in [0, 0.05) is 10.0 Å². The highest BCUT2D eigenvalue weighted by molar-refractivity contribution is 9.10. The first-order chi connectivity index (χ1) is 10.0. The molecular weight excluding hydrogens is 354 g/mol. The number of methoxy groups -OCH3 is 1. The minimum Gasteiger partial charge on any atom is -0.497 e. The largest absolute Gasteiger partial charge is 0.497 e. The van der Waals surface area contributed by atoms with Crippen molar-refractivity contribution in [3.63, 3.8) is 0 Å². The molecule has 3 nitrogen and oxygen atoms in total. The van der Waals surface area contributed by atoms with Crippen LogP contribution in [0.2, 0.25) is 5.02 Å². The molecule has 1 unspecified atom stereocenters. The number of halogens is 2. The lowest BCUT2D eigenvalue weighted by atomic mass is 10.1. The average Bonchev–Trinajstić information content (AvgIpc) is 2.50. The van der Waals surface area contributed by atoms with Crippen LogP contribution in [-0.2, 0) is 0 Å². The molecule has 0 radical (unpaired) electrons. The fourth-order valence-corrected chi connectivity index (χ4v) is 2.32. The Bertz CT molecular complexity index is 643. The molecule has 0 aliphatic rings. The molecule has 2 rings (SSSR count). The number of hydrogen-bond donors (Lipinski definition) is 1. The first-order valence-corrected chi connectivity index (χ1v) is 7.58. The second kappa shape index (κ2) is 6.96. The Balaban J connectivity index is 2.08. The van der Waals surface area contributed by atoms with E-state index in [0.717, 1.165) is 15.8 Å². The lowest BCUT2D eigenvalue weighted by Crippen LogP contribution is -2.26. The van der Waals surface area contributed by atoms with E-state index < -0.39 is 0 Å². The molecule has 0 saturated heterocycles. The number of rotatable bonds is 4. The van der Waals surface area contributed by atoms with Crippen LogP contribution in [0.3, 0.4) is 0 Å². The van der Waals surface area contributed by atoms with Gasteiger partial charge in [0.15, 0.2) is 0 Å². The summed E-state index contributed by atoms with van der Waals surface area (Å²) >= 11 is 9.31. The Morgan fingerprint density at radius 3 is 2.48 bits per heavy atom. The average molecular weight is 369 g/mol. The van der Waals surface area contributed by atoms with Gasteiger partial charge in [-0.05, 0) is 58.7 Å². The third-order valence-electron chi connectivity index (χ3n) is 3.15. The summed E-state index contributed by atoms with van der Waals surface area (Å²) in [5, 5.41) is 3.46. The second-order valence-electron chi connectivity index (χ2n) is 4.60. The van der Waals surface area contributed by atoms with E-state index in [1.807, 2.05) is 31.2 Å².